The molecule has 0 atom stereocenters. The summed E-state index contributed by atoms with van der Waals surface area (Å²) in [5, 5.41) is 11.9. The van der Waals surface area contributed by atoms with Gasteiger partial charge in [-0.1, -0.05) is 12.1 Å². The molecule has 0 spiro atoms. The molecule has 0 amide bonds. The summed E-state index contributed by atoms with van der Waals surface area (Å²) >= 11 is 0. The number of anilines is 1. The van der Waals surface area contributed by atoms with Crippen LogP contribution >= 0.6 is 0 Å². The van der Waals surface area contributed by atoms with Gasteiger partial charge in [-0.25, -0.2) is 0 Å². The first-order valence-corrected chi connectivity index (χ1v) is 6.33. The number of nitrogens with one attached hydrogen (secondary N) is 1. The lowest BCUT2D eigenvalue weighted by molar-refractivity contribution is 0.283. The van der Waals surface area contributed by atoms with Crippen LogP contribution in [0.4, 0.5) is 5.69 Å². The molecule has 0 aliphatic carbocycles. The van der Waals surface area contributed by atoms with E-state index in [1.165, 1.54) is 11.3 Å². The van der Waals surface area contributed by atoms with Crippen molar-refractivity contribution in [1.29, 1.82) is 0 Å². The first kappa shape index (κ1) is 14.0. The van der Waals surface area contributed by atoms with Crippen LogP contribution in [-0.4, -0.2) is 32.4 Å². The Morgan fingerprint density at radius 1 is 1.12 bits per heavy atom. The fourth-order valence-corrected chi connectivity index (χ4v) is 1.84. The third kappa shape index (κ3) is 5.20. The van der Waals surface area contributed by atoms with Gasteiger partial charge in [-0.15, -0.1) is 0 Å². The minimum absolute atomic E-state index is 0.308. The fraction of sp³-hybridized carbons (Fsp3) is 0.571. The minimum atomic E-state index is 0.308. The van der Waals surface area contributed by atoms with E-state index >= 15 is 0 Å². The van der Waals surface area contributed by atoms with E-state index in [9.17, 15) is 0 Å². The molecule has 1 aromatic carbocycles. The molecule has 17 heavy (non-hydrogen) atoms. The van der Waals surface area contributed by atoms with Crippen LogP contribution in [0, 0.1) is 0 Å². The Morgan fingerprint density at radius 2 is 1.82 bits per heavy atom. The fourth-order valence-electron chi connectivity index (χ4n) is 1.84. The molecule has 1 rings (SSSR count). The third-order valence-electron chi connectivity index (χ3n) is 2.91. The van der Waals surface area contributed by atoms with Crippen LogP contribution in [0.3, 0.4) is 0 Å². The highest BCUT2D eigenvalue weighted by atomic mass is 16.2. The second-order valence-corrected chi connectivity index (χ2v) is 4.40. The molecule has 0 unspecified atom stereocenters. The van der Waals surface area contributed by atoms with E-state index in [0.29, 0.717) is 6.61 Å². The van der Waals surface area contributed by atoms with Crippen LogP contribution in [0.1, 0.15) is 24.8 Å². The Hall–Kier alpha value is -1.06. The Bertz CT molecular complexity index is 298. The van der Waals surface area contributed by atoms with E-state index < -0.39 is 0 Å². The van der Waals surface area contributed by atoms with Crippen molar-refractivity contribution in [1.82, 2.24) is 5.32 Å². The molecule has 3 nitrogen and oxygen atoms in total. The number of nitrogens with zero attached hydrogens (tertiary/aromatic N) is 1. The summed E-state index contributed by atoms with van der Waals surface area (Å²) in [6.45, 7) is 2.27. The topological polar surface area (TPSA) is 35.5 Å². The standard InChI is InChI=1S/C14H24N2O/c1-15-12-13-6-8-14(9-7-13)16(2)10-4-3-5-11-17/h6-9,15,17H,3-5,10-12H2,1-2H3. The molecular formula is C14H24N2O. The predicted molar refractivity (Wildman–Crippen MR) is 73.4 cm³/mol. The van der Waals surface area contributed by atoms with Crippen molar-refractivity contribution in [3.63, 3.8) is 0 Å². The average molecular weight is 236 g/mol. The molecule has 0 aliphatic rings. The lowest BCUT2D eigenvalue weighted by atomic mass is 10.2. The van der Waals surface area contributed by atoms with Gasteiger partial charge in [-0.3, -0.25) is 0 Å². The monoisotopic (exact) mass is 236 g/mol. The third-order valence-corrected chi connectivity index (χ3v) is 2.91. The van der Waals surface area contributed by atoms with Crippen molar-refractivity contribution in [2.45, 2.75) is 25.8 Å². The lowest BCUT2D eigenvalue weighted by Crippen LogP contribution is -2.18. The van der Waals surface area contributed by atoms with E-state index in [-0.39, 0.29) is 0 Å². The smallest absolute Gasteiger partial charge is 0.0431 e. The number of hydrogen-bond donors (Lipinski definition) is 2. The lowest BCUT2D eigenvalue weighted by Gasteiger charge is -2.19. The van der Waals surface area contributed by atoms with E-state index in [2.05, 4.69) is 41.5 Å². The Balaban J connectivity index is 2.37. The van der Waals surface area contributed by atoms with Crippen LogP contribution in [0.15, 0.2) is 24.3 Å². The van der Waals surface area contributed by atoms with E-state index in [1.807, 2.05) is 7.05 Å². The van der Waals surface area contributed by atoms with Gasteiger partial charge in [0.25, 0.3) is 0 Å². The number of aliphatic hydroxyl groups is 1. The van der Waals surface area contributed by atoms with Gasteiger partial charge in [0.1, 0.15) is 0 Å². The molecule has 0 fully saturated rings. The van der Waals surface area contributed by atoms with Crippen molar-refractivity contribution in [3.8, 4) is 0 Å². The highest BCUT2D eigenvalue weighted by Crippen LogP contribution is 2.14. The molecule has 96 valence electrons. The maximum absolute atomic E-state index is 8.71. The van der Waals surface area contributed by atoms with Gasteiger partial charge in [0, 0.05) is 32.4 Å². The molecule has 0 saturated heterocycles. The molecule has 0 bridgehead atoms. The van der Waals surface area contributed by atoms with Crippen molar-refractivity contribution >= 4 is 5.69 Å². The summed E-state index contributed by atoms with van der Waals surface area (Å²) in [6, 6.07) is 8.66. The first-order chi connectivity index (χ1) is 8.27. The van der Waals surface area contributed by atoms with E-state index in [1.54, 1.807) is 0 Å². The van der Waals surface area contributed by atoms with Crippen LogP contribution < -0.4 is 10.2 Å². The quantitative estimate of drug-likeness (QED) is 0.678. The largest absolute Gasteiger partial charge is 0.396 e. The van der Waals surface area contributed by atoms with E-state index in [0.717, 1.165) is 32.4 Å². The maximum Gasteiger partial charge on any atom is 0.0431 e. The Kier molecular flexibility index (Phi) is 6.67. The summed E-state index contributed by atoms with van der Waals surface area (Å²) < 4.78 is 0. The van der Waals surface area contributed by atoms with Gasteiger partial charge >= 0.3 is 0 Å². The van der Waals surface area contributed by atoms with Crippen molar-refractivity contribution < 1.29 is 5.11 Å². The molecule has 0 aliphatic heterocycles. The van der Waals surface area contributed by atoms with Crippen LogP contribution in [0.2, 0.25) is 0 Å². The van der Waals surface area contributed by atoms with Crippen LogP contribution in [0.25, 0.3) is 0 Å². The predicted octanol–water partition coefficient (Wildman–Crippen LogP) is 2.00. The molecule has 2 N–H and O–H groups in total. The minimum Gasteiger partial charge on any atom is -0.396 e. The number of unbranched alkanes of at least 4 members (excludes halogenated alkanes) is 2. The van der Waals surface area contributed by atoms with Crippen molar-refractivity contribution in [2.24, 2.45) is 0 Å². The Morgan fingerprint density at radius 3 is 2.41 bits per heavy atom. The number of rotatable bonds is 8. The van der Waals surface area contributed by atoms with Crippen molar-refractivity contribution in [2.75, 3.05) is 32.1 Å². The van der Waals surface area contributed by atoms with Gasteiger partial charge in [0.2, 0.25) is 0 Å². The molecule has 1 aromatic rings. The molecule has 0 aromatic heterocycles. The Labute approximate surface area is 104 Å². The molecular weight excluding hydrogens is 212 g/mol. The summed E-state index contributed by atoms with van der Waals surface area (Å²) in [7, 11) is 4.08. The highest BCUT2D eigenvalue weighted by molar-refractivity contribution is 5.46. The number of aliphatic hydroxyl groups excluding tert-OH is 1. The van der Waals surface area contributed by atoms with Crippen LogP contribution in [-0.2, 0) is 6.54 Å². The number of hydrogen-bond acceptors (Lipinski definition) is 3. The van der Waals surface area contributed by atoms with E-state index in [4.69, 9.17) is 5.11 Å². The number of benzene rings is 1. The molecule has 0 heterocycles. The van der Waals surface area contributed by atoms with Gasteiger partial charge in [0.15, 0.2) is 0 Å². The zero-order chi connectivity index (χ0) is 12.5. The second kappa shape index (κ2) is 8.09. The van der Waals surface area contributed by atoms with Gasteiger partial charge in [-0.05, 0) is 44.0 Å². The van der Waals surface area contributed by atoms with Crippen LogP contribution in [0.5, 0.6) is 0 Å². The molecule has 3 heteroatoms. The summed E-state index contributed by atoms with van der Waals surface area (Å²) in [5.74, 6) is 0. The molecule has 0 radical (unpaired) electrons. The maximum atomic E-state index is 8.71. The zero-order valence-electron chi connectivity index (χ0n) is 10.9. The summed E-state index contributed by atoms with van der Waals surface area (Å²) in [5.41, 5.74) is 2.57. The van der Waals surface area contributed by atoms with Gasteiger partial charge in [-0.2, -0.15) is 0 Å². The molecule has 0 saturated carbocycles. The first-order valence-electron chi connectivity index (χ1n) is 6.33. The highest BCUT2D eigenvalue weighted by Gasteiger charge is 2.00. The second-order valence-electron chi connectivity index (χ2n) is 4.40. The average Bonchev–Trinajstić information content (AvgIpc) is 2.36. The normalized spacial score (nSPS) is 10.5. The SMILES string of the molecule is CNCc1ccc(N(C)CCCCCO)cc1. The van der Waals surface area contributed by atoms with Gasteiger partial charge in [0.05, 0.1) is 0 Å². The summed E-state index contributed by atoms with van der Waals surface area (Å²) in [4.78, 5) is 2.26. The summed E-state index contributed by atoms with van der Waals surface area (Å²) in [6.07, 6.45) is 3.14. The van der Waals surface area contributed by atoms with Gasteiger partial charge < -0.3 is 15.3 Å². The van der Waals surface area contributed by atoms with Crippen molar-refractivity contribution in [3.05, 3.63) is 29.8 Å². The zero-order valence-corrected chi connectivity index (χ0v) is 10.9.